The predicted molar refractivity (Wildman–Crippen MR) is 105 cm³/mol. The number of nitrogens with zero attached hydrogens (tertiary/aromatic N) is 2. The van der Waals surface area contributed by atoms with Crippen LogP contribution in [-0.4, -0.2) is 37.7 Å². The van der Waals surface area contributed by atoms with E-state index in [-0.39, 0.29) is 12.1 Å². The number of carbonyl (C=O) groups is 1. The molecule has 3 rings (SSSR count). The van der Waals surface area contributed by atoms with Crippen molar-refractivity contribution in [2.75, 3.05) is 31.6 Å². The Labute approximate surface area is 155 Å². The van der Waals surface area contributed by atoms with E-state index in [2.05, 4.69) is 48.3 Å². The lowest BCUT2D eigenvalue weighted by molar-refractivity contribution is 0.215. The van der Waals surface area contributed by atoms with Crippen molar-refractivity contribution in [2.24, 2.45) is 0 Å². The number of benzene rings is 2. The zero-order chi connectivity index (χ0) is 18.5. The molecule has 1 heterocycles. The molecule has 5 nitrogen and oxygen atoms in total. The molecule has 0 bridgehead atoms. The van der Waals surface area contributed by atoms with Gasteiger partial charge < -0.3 is 19.9 Å². The van der Waals surface area contributed by atoms with Crippen molar-refractivity contribution in [1.29, 1.82) is 0 Å². The second-order valence-corrected chi connectivity index (χ2v) is 6.49. The molecular formula is C21H27N3O2. The van der Waals surface area contributed by atoms with Gasteiger partial charge in [-0.2, -0.15) is 0 Å². The summed E-state index contributed by atoms with van der Waals surface area (Å²) in [6.07, 6.45) is 0. The largest absolute Gasteiger partial charge is 0.497 e. The van der Waals surface area contributed by atoms with Gasteiger partial charge in [-0.3, -0.25) is 0 Å². The molecule has 1 N–H and O–H groups in total. The molecule has 0 aliphatic carbocycles. The van der Waals surface area contributed by atoms with Crippen LogP contribution in [-0.2, 0) is 6.54 Å². The first kappa shape index (κ1) is 18.1. The van der Waals surface area contributed by atoms with E-state index in [9.17, 15) is 4.79 Å². The maximum atomic E-state index is 12.3. The summed E-state index contributed by atoms with van der Waals surface area (Å²) < 4.78 is 5.18. The van der Waals surface area contributed by atoms with E-state index < -0.39 is 0 Å². The van der Waals surface area contributed by atoms with Gasteiger partial charge in [0.25, 0.3) is 0 Å². The number of anilines is 1. The Morgan fingerprint density at radius 1 is 1.08 bits per heavy atom. The van der Waals surface area contributed by atoms with Crippen LogP contribution in [0.1, 0.15) is 31.0 Å². The van der Waals surface area contributed by atoms with Gasteiger partial charge in [-0.1, -0.05) is 24.3 Å². The lowest BCUT2D eigenvalue weighted by atomic mass is 10.1. The topological polar surface area (TPSA) is 44.8 Å². The minimum absolute atomic E-state index is 0.0152. The van der Waals surface area contributed by atoms with Crippen LogP contribution in [0.4, 0.5) is 10.5 Å². The highest BCUT2D eigenvalue weighted by atomic mass is 16.5. The van der Waals surface area contributed by atoms with Gasteiger partial charge in [-0.15, -0.1) is 0 Å². The van der Waals surface area contributed by atoms with Crippen molar-refractivity contribution in [3.8, 4) is 5.75 Å². The van der Waals surface area contributed by atoms with Crippen LogP contribution < -0.4 is 15.0 Å². The van der Waals surface area contributed by atoms with E-state index in [0.717, 1.165) is 30.0 Å². The summed E-state index contributed by atoms with van der Waals surface area (Å²) in [6, 6.07) is 16.4. The molecule has 2 aromatic rings. The second kappa shape index (κ2) is 8.13. The van der Waals surface area contributed by atoms with E-state index in [4.69, 9.17) is 4.74 Å². The number of urea groups is 1. The molecular weight excluding hydrogens is 326 g/mol. The molecule has 0 unspecified atom stereocenters. The molecule has 1 fully saturated rings. The van der Waals surface area contributed by atoms with E-state index in [0.29, 0.717) is 13.1 Å². The molecule has 0 aromatic heterocycles. The molecule has 1 aliphatic rings. The summed E-state index contributed by atoms with van der Waals surface area (Å²) in [5.74, 6) is 0.825. The summed E-state index contributed by atoms with van der Waals surface area (Å²) in [4.78, 5) is 16.5. The molecule has 2 amide bonds. The van der Waals surface area contributed by atoms with Crippen molar-refractivity contribution in [2.45, 2.75) is 26.4 Å². The van der Waals surface area contributed by atoms with E-state index >= 15 is 0 Å². The van der Waals surface area contributed by atoms with Crippen molar-refractivity contribution >= 4 is 11.7 Å². The first-order chi connectivity index (χ1) is 12.6. The quantitative estimate of drug-likeness (QED) is 0.823. The number of hydrogen-bond donors (Lipinski definition) is 1. The van der Waals surface area contributed by atoms with Gasteiger partial charge in [0.05, 0.1) is 13.2 Å². The fraction of sp³-hybridized carbons (Fsp3) is 0.381. The third kappa shape index (κ3) is 3.93. The first-order valence-corrected chi connectivity index (χ1v) is 9.17. The Kier molecular flexibility index (Phi) is 5.66. The smallest absolute Gasteiger partial charge is 0.318 e. The average Bonchev–Trinajstić information content (AvgIpc) is 3.04. The zero-order valence-corrected chi connectivity index (χ0v) is 15.7. The molecule has 5 heteroatoms. The molecule has 0 saturated carbocycles. The lowest BCUT2D eigenvalue weighted by Crippen LogP contribution is -2.27. The Morgan fingerprint density at radius 3 is 2.31 bits per heavy atom. The molecule has 1 atom stereocenters. The lowest BCUT2D eigenvalue weighted by Gasteiger charge is -2.21. The highest BCUT2D eigenvalue weighted by molar-refractivity contribution is 5.77. The molecule has 138 valence electrons. The van der Waals surface area contributed by atoms with E-state index in [1.807, 2.05) is 29.2 Å². The van der Waals surface area contributed by atoms with E-state index in [1.165, 1.54) is 5.69 Å². The SMILES string of the molecule is CCN(CC)c1ccc([C@H]2CN(Cc3ccc(OC)cc3)C(=O)N2)cc1. The van der Waals surface area contributed by atoms with Gasteiger partial charge in [0.1, 0.15) is 5.75 Å². The summed E-state index contributed by atoms with van der Waals surface area (Å²) in [7, 11) is 1.65. The van der Waals surface area contributed by atoms with Crippen LogP contribution in [0.5, 0.6) is 5.75 Å². The fourth-order valence-corrected chi connectivity index (χ4v) is 3.37. The molecule has 0 spiro atoms. The summed E-state index contributed by atoms with van der Waals surface area (Å²) >= 11 is 0. The van der Waals surface area contributed by atoms with Crippen LogP contribution in [0, 0.1) is 0 Å². The number of methoxy groups -OCH3 is 1. The highest BCUT2D eigenvalue weighted by Crippen LogP contribution is 2.25. The molecule has 2 aromatic carbocycles. The Hall–Kier alpha value is -2.69. The van der Waals surface area contributed by atoms with Gasteiger partial charge in [0.15, 0.2) is 0 Å². The minimum Gasteiger partial charge on any atom is -0.497 e. The molecule has 0 radical (unpaired) electrons. The van der Waals surface area contributed by atoms with Crippen LogP contribution in [0.25, 0.3) is 0 Å². The van der Waals surface area contributed by atoms with Crippen molar-refractivity contribution in [1.82, 2.24) is 10.2 Å². The fourth-order valence-electron chi connectivity index (χ4n) is 3.37. The van der Waals surface area contributed by atoms with Gasteiger partial charge in [0, 0.05) is 31.9 Å². The first-order valence-electron chi connectivity index (χ1n) is 9.17. The van der Waals surface area contributed by atoms with Gasteiger partial charge in [0.2, 0.25) is 0 Å². The van der Waals surface area contributed by atoms with Crippen molar-refractivity contribution in [3.63, 3.8) is 0 Å². The Morgan fingerprint density at radius 2 is 1.73 bits per heavy atom. The zero-order valence-electron chi connectivity index (χ0n) is 15.7. The van der Waals surface area contributed by atoms with Crippen LogP contribution >= 0.6 is 0 Å². The number of ether oxygens (including phenoxy) is 1. The standard InChI is InChI=1S/C21H27N3O2/c1-4-23(5-2)18-10-8-17(9-11-18)20-15-24(21(25)22-20)14-16-6-12-19(26-3)13-7-16/h6-13,20H,4-5,14-15H2,1-3H3,(H,22,25)/t20-/m1/s1. The average molecular weight is 353 g/mol. The maximum Gasteiger partial charge on any atom is 0.318 e. The number of nitrogens with one attached hydrogen (secondary N) is 1. The normalized spacial score (nSPS) is 16.5. The van der Waals surface area contributed by atoms with Gasteiger partial charge in [-0.05, 0) is 49.2 Å². The van der Waals surface area contributed by atoms with Gasteiger partial charge in [-0.25, -0.2) is 4.79 Å². The number of hydrogen-bond acceptors (Lipinski definition) is 3. The predicted octanol–water partition coefficient (Wildman–Crippen LogP) is 3.81. The van der Waals surface area contributed by atoms with Crippen LogP contribution in [0.3, 0.4) is 0 Å². The minimum atomic E-state index is -0.0152. The molecule has 1 saturated heterocycles. The Bertz CT molecular complexity index is 724. The summed E-state index contributed by atoms with van der Waals surface area (Å²) in [5.41, 5.74) is 3.46. The van der Waals surface area contributed by atoms with Crippen molar-refractivity contribution < 1.29 is 9.53 Å². The van der Waals surface area contributed by atoms with Gasteiger partial charge >= 0.3 is 6.03 Å². The van der Waals surface area contributed by atoms with E-state index in [1.54, 1.807) is 7.11 Å². The van der Waals surface area contributed by atoms with Crippen LogP contribution in [0.15, 0.2) is 48.5 Å². The molecule has 1 aliphatic heterocycles. The number of amides is 2. The Balaban J connectivity index is 1.65. The summed E-state index contributed by atoms with van der Waals surface area (Å²) in [6.45, 7) is 7.58. The number of carbonyl (C=O) groups excluding carboxylic acids is 1. The monoisotopic (exact) mass is 353 g/mol. The third-order valence-electron chi connectivity index (χ3n) is 4.94. The summed E-state index contributed by atoms with van der Waals surface area (Å²) in [5, 5.41) is 3.09. The third-order valence-corrected chi connectivity index (χ3v) is 4.94. The molecule has 26 heavy (non-hydrogen) atoms. The second-order valence-electron chi connectivity index (χ2n) is 6.49. The van der Waals surface area contributed by atoms with Crippen LogP contribution in [0.2, 0.25) is 0 Å². The number of rotatable bonds is 7. The maximum absolute atomic E-state index is 12.3. The van der Waals surface area contributed by atoms with Crippen molar-refractivity contribution in [3.05, 3.63) is 59.7 Å². The highest BCUT2D eigenvalue weighted by Gasteiger charge is 2.29.